The highest BCUT2D eigenvalue weighted by atomic mass is 16.5. The molecule has 0 aliphatic carbocycles. The van der Waals surface area contributed by atoms with Gasteiger partial charge in [-0.25, -0.2) is 0 Å². The fourth-order valence-corrected chi connectivity index (χ4v) is 2.39. The first kappa shape index (κ1) is 15.3. The van der Waals surface area contributed by atoms with Crippen LogP contribution in [0.5, 0.6) is 0 Å². The van der Waals surface area contributed by atoms with Crippen LogP contribution in [0.3, 0.4) is 0 Å². The molecule has 23 heavy (non-hydrogen) atoms. The highest BCUT2D eigenvalue weighted by Crippen LogP contribution is 2.14. The number of hydrogen-bond donors (Lipinski definition) is 2. The second-order valence-electron chi connectivity index (χ2n) is 5.35. The lowest BCUT2D eigenvalue weighted by Crippen LogP contribution is -2.33. The van der Waals surface area contributed by atoms with E-state index in [0.717, 1.165) is 18.4 Å². The fraction of sp³-hybridized carbons (Fsp3) is 0.294. The average molecular weight is 314 g/mol. The second-order valence-corrected chi connectivity index (χ2v) is 5.35. The Morgan fingerprint density at radius 3 is 2.65 bits per heavy atom. The van der Waals surface area contributed by atoms with Gasteiger partial charge in [-0.2, -0.15) is 0 Å². The molecule has 1 fully saturated rings. The van der Waals surface area contributed by atoms with Crippen LogP contribution in [-0.2, 0) is 16.1 Å². The molecule has 0 saturated carbocycles. The van der Waals surface area contributed by atoms with Crippen molar-refractivity contribution >= 4 is 17.5 Å². The SMILES string of the molecule is O=C(Nc1ccc(CNC(=O)C2CCCO2)cc1)c1ccco1. The molecule has 2 N–H and O–H groups in total. The lowest BCUT2D eigenvalue weighted by molar-refractivity contribution is -0.130. The van der Waals surface area contributed by atoms with Gasteiger partial charge in [0.15, 0.2) is 5.76 Å². The number of hydrogen-bond acceptors (Lipinski definition) is 4. The molecule has 1 aromatic heterocycles. The van der Waals surface area contributed by atoms with Crippen LogP contribution in [0, 0.1) is 0 Å². The maximum Gasteiger partial charge on any atom is 0.291 e. The molecular weight excluding hydrogens is 296 g/mol. The molecule has 1 aliphatic rings. The zero-order valence-corrected chi connectivity index (χ0v) is 12.6. The maximum atomic E-state index is 11.9. The van der Waals surface area contributed by atoms with Crippen molar-refractivity contribution in [3.63, 3.8) is 0 Å². The summed E-state index contributed by atoms with van der Waals surface area (Å²) in [5, 5.41) is 5.60. The number of furan rings is 1. The third-order valence-electron chi connectivity index (χ3n) is 3.65. The minimum Gasteiger partial charge on any atom is -0.459 e. The van der Waals surface area contributed by atoms with Crippen molar-refractivity contribution in [2.45, 2.75) is 25.5 Å². The van der Waals surface area contributed by atoms with Crippen molar-refractivity contribution in [3.05, 3.63) is 54.0 Å². The molecular formula is C17H18N2O4. The Morgan fingerprint density at radius 1 is 1.17 bits per heavy atom. The van der Waals surface area contributed by atoms with Crippen LogP contribution in [0.1, 0.15) is 29.0 Å². The van der Waals surface area contributed by atoms with Crippen molar-refractivity contribution in [2.24, 2.45) is 0 Å². The summed E-state index contributed by atoms with van der Waals surface area (Å²) in [5.74, 6) is -0.106. The molecule has 3 rings (SSSR count). The van der Waals surface area contributed by atoms with Gasteiger partial charge >= 0.3 is 0 Å². The molecule has 1 atom stereocenters. The van der Waals surface area contributed by atoms with Crippen LogP contribution in [0.25, 0.3) is 0 Å². The quantitative estimate of drug-likeness (QED) is 0.887. The Morgan fingerprint density at radius 2 is 2.00 bits per heavy atom. The molecule has 1 saturated heterocycles. The third kappa shape index (κ3) is 3.98. The van der Waals surface area contributed by atoms with E-state index in [9.17, 15) is 9.59 Å². The van der Waals surface area contributed by atoms with Crippen LogP contribution < -0.4 is 10.6 Å². The summed E-state index contributed by atoms with van der Waals surface area (Å²) >= 11 is 0. The summed E-state index contributed by atoms with van der Waals surface area (Å²) in [4.78, 5) is 23.7. The number of benzene rings is 1. The molecule has 2 heterocycles. The predicted molar refractivity (Wildman–Crippen MR) is 83.9 cm³/mol. The monoisotopic (exact) mass is 314 g/mol. The lowest BCUT2D eigenvalue weighted by Gasteiger charge is -2.11. The summed E-state index contributed by atoms with van der Waals surface area (Å²) in [6.07, 6.45) is 2.85. The standard InChI is InChI=1S/C17H18N2O4/c20-16(14-3-1-9-22-14)18-11-12-5-7-13(8-6-12)19-17(21)15-4-2-10-23-15/h2,4-8,10,14H,1,3,9,11H2,(H,18,20)(H,19,21). The van der Waals surface area contributed by atoms with Gasteiger partial charge in [-0.15, -0.1) is 0 Å². The Hall–Kier alpha value is -2.60. The van der Waals surface area contributed by atoms with Crippen molar-refractivity contribution < 1.29 is 18.7 Å². The van der Waals surface area contributed by atoms with Gasteiger partial charge < -0.3 is 19.8 Å². The third-order valence-corrected chi connectivity index (χ3v) is 3.65. The number of rotatable bonds is 5. The summed E-state index contributed by atoms with van der Waals surface area (Å²) in [5.41, 5.74) is 1.62. The minimum absolute atomic E-state index is 0.0716. The van der Waals surface area contributed by atoms with Crippen LogP contribution in [-0.4, -0.2) is 24.5 Å². The number of carbonyl (C=O) groups is 2. The first-order chi connectivity index (χ1) is 11.2. The normalized spacial score (nSPS) is 17.0. The Kier molecular flexibility index (Phi) is 4.73. The van der Waals surface area contributed by atoms with E-state index in [4.69, 9.17) is 9.15 Å². The van der Waals surface area contributed by atoms with E-state index in [2.05, 4.69) is 10.6 Å². The van der Waals surface area contributed by atoms with Gasteiger partial charge in [0.05, 0.1) is 6.26 Å². The summed E-state index contributed by atoms with van der Waals surface area (Å²) in [6.45, 7) is 1.09. The molecule has 120 valence electrons. The highest BCUT2D eigenvalue weighted by molar-refractivity contribution is 6.02. The van der Waals surface area contributed by atoms with Crippen LogP contribution in [0.2, 0.25) is 0 Å². The van der Waals surface area contributed by atoms with Gasteiger partial charge in [-0.1, -0.05) is 12.1 Å². The van der Waals surface area contributed by atoms with E-state index in [1.165, 1.54) is 6.26 Å². The first-order valence-electron chi connectivity index (χ1n) is 7.55. The van der Waals surface area contributed by atoms with Crippen LogP contribution >= 0.6 is 0 Å². The fourth-order valence-electron chi connectivity index (χ4n) is 2.39. The van der Waals surface area contributed by atoms with E-state index in [0.29, 0.717) is 18.8 Å². The van der Waals surface area contributed by atoms with Gasteiger partial charge in [-0.3, -0.25) is 9.59 Å². The number of carbonyl (C=O) groups excluding carboxylic acids is 2. The molecule has 6 nitrogen and oxygen atoms in total. The molecule has 0 radical (unpaired) electrons. The summed E-state index contributed by atoms with van der Waals surface area (Å²) in [7, 11) is 0. The summed E-state index contributed by atoms with van der Waals surface area (Å²) < 4.78 is 10.4. The van der Waals surface area contributed by atoms with Crippen LogP contribution in [0.4, 0.5) is 5.69 Å². The second kappa shape index (κ2) is 7.11. The van der Waals surface area contributed by atoms with Gasteiger partial charge in [0.2, 0.25) is 5.91 Å². The highest BCUT2D eigenvalue weighted by Gasteiger charge is 2.22. The van der Waals surface area contributed by atoms with E-state index in [1.54, 1.807) is 24.3 Å². The number of nitrogens with one attached hydrogen (secondary N) is 2. The van der Waals surface area contributed by atoms with E-state index < -0.39 is 0 Å². The first-order valence-corrected chi connectivity index (χ1v) is 7.55. The Balaban J connectivity index is 1.50. The zero-order valence-electron chi connectivity index (χ0n) is 12.6. The topological polar surface area (TPSA) is 80.6 Å². The van der Waals surface area contributed by atoms with Crippen molar-refractivity contribution in [2.75, 3.05) is 11.9 Å². The van der Waals surface area contributed by atoms with E-state index in [-0.39, 0.29) is 23.7 Å². The molecule has 0 bridgehead atoms. The van der Waals surface area contributed by atoms with E-state index in [1.807, 2.05) is 12.1 Å². The number of amides is 2. The van der Waals surface area contributed by atoms with E-state index >= 15 is 0 Å². The van der Waals surface area contributed by atoms with Crippen molar-refractivity contribution in [3.8, 4) is 0 Å². The molecule has 6 heteroatoms. The number of anilines is 1. The molecule has 1 aromatic carbocycles. The lowest BCUT2D eigenvalue weighted by atomic mass is 10.2. The predicted octanol–water partition coefficient (Wildman–Crippen LogP) is 2.33. The Labute approximate surface area is 133 Å². The summed E-state index contributed by atoms with van der Waals surface area (Å²) in [6, 6.07) is 10.5. The smallest absolute Gasteiger partial charge is 0.291 e. The van der Waals surface area contributed by atoms with Crippen molar-refractivity contribution in [1.82, 2.24) is 5.32 Å². The van der Waals surface area contributed by atoms with Gasteiger partial charge in [0.1, 0.15) is 6.10 Å². The Bertz CT molecular complexity index is 658. The molecule has 0 spiro atoms. The van der Waals surface area contributed by atoms with Gasteiger partial charge in [0.25, 0.3) is 5.91 Å². The largest absolute Gasteiger partial charge is 0.459 e. The van der Waals surface area contributed by atoms with Gasteiger partial charge in [-0.05, 0) is 42.7 Å². The van der Waals surface area contributed by atoms with Gasteiger partial charge in [0, 0.05) is 18.8 Å². The van der Waals surface area contributed by atoms with Crippen molar-refractivity contribution in [1.29, 1.82) is 0 Å². The zero-order chi connectivity index (χ0) is 16.1. The molecule has 2 amide bonds. The molecule has 1 aliphatic heterocycles. The minimum atomic E-state index is -0.318. The average Bonchev–Trinajstić information content (AvgIpc) is 3.27. The van der Waals surface area contributed by atoms with Crippen LogP contribution in [0.15, 0.2) is 47.1 Å². The number of ether oxygens (including phenoxy) is 1. The maximum absolute atomic E-state index is 11.9. The molecule has 2 aromatic rings. The molecule has 1 unspecified atom stereocenters.